The Kier molecular flexibility index (Phi) is 5.75. The average Bonchev–Trinajstić information content (AvgIpc) is 2.35. The quantitative estimate of drug-likeness (QED) is 0.727. The van der Waals surface area contributed by atoms with Gasteiger partial charge in [0.25, 0.3) is 0 Å². The molecule has 1 aromatic rings. The number of phenols is 1. The Hall–Kier alpha value is -1.31. The van der Waals surface area contributed by atoms with Gasteiger partial charge in [0.05, 0.1) is 5.56 Å². The summed E-state index contributed by atoms with van der Waals surface area (Å²) >= 11 is 0. The van der Waals surface area contributed by atoms with Crippen molar-refractivity contribution in [2.24, 2.45) is 0 Å². The van der Waals surface area contributed by atoms with E-state index in [9.17, 15) is 9.90 Å². The topological polar surface area (TPSA) is 37.3 Å². The molecule has 0 spiro atoms. The molecule has 2 nitrogen and oxygen atoms in total. The molecule has 0 aliphatic heterocycles. The Bertz CT molecular complexity index is 369. The molecule has 0 unspecified atom stereocenters. The van der Waals surface area contributed by atoms with Crippen LogP contribution in [-0.4, -0.2) is 11.4 Å². The van der Waals surface area contributed by atoms with Gasteiger partial charge in [-0.15, -0.1) is 0 Å². The normalized spacial score (nSPS) is 10.5. The number of carbonyl (C=O) groups is 1. The van der Waals surface area contributed by atoms with Gasteiger partial charge in [0.15, 0.2) is 6.29 Å². The van der Waals surface area contributed by atoms with E-state index in [1.807, 2.05) is 12.1 Å². The Morgan fingerprint density at radius 2 is 1.76 bits per heavy atom. The van der Waals surface area contributed by atoms with E-state index < -0.39 is 0 Å². The molecule has 1 N–H and O–H groups in total. The second-order valence-corrected chi connectivity index (χ2v) is 4.52. The van der Waals surface area contributed by atoms with Crippen LogP contribution < -0.4 is 0 Å². The number of unbranched alkanes of at least 4 members (excludes halogenated alkanes) is 2. The molecule has 94 valence electrons. The fraction of sp³-hybridized carbons (Fsp3) is 0.533. The van der Waals surface area contributed by atoms with Crippen LogP contribution in [0.15, 0.2) is 12.1 Å². The third-order valence-electron chi connectivity index (χ3n) is 3.02. The fourth-order valence-electron chi connectivity index (χ4n) is 1.96. The highest BCUT2D eigenvalue weighted by Crippen LogP contribution is 2.25. The molecule has 0 saturated heterocycles. The zero-order chi connectivity index (χ0) is 12.7. The largest absolute Gasteiger partial charge is 0.507 e. The van der Waals surface area contributed by atoms with E-state index >= 15 is 0 Å². The fourth-order valence-corrected chi connectivity index (χ4v) is 1.96. The number of hydrogen-bond donors (Lipinski definition) is 1. The number of phenolic OH excluding ortho intramolecular Hbond substituents is 1. The van der Waals surface area contributed by atoms with Crippen molar-refractivity contribution in [2.45, 2.75) is 52.4 Å². The van der Waals surface area contributed by atoms with Crippen molar-refractivity contribution in [3.05, 3.63) is 28.8 Å². The highest BCUT2D eigenvalue weighted by Gasteiger charge is 2.09. The Morgan fingerprint density at radius 1 is 1.12 bits per heavy atom. The summed E-state index contributed by atoms with van der Waals surface area (Å²) in [6.07, 6.45) is 6.98. The molecule has 2 heteroatoms. The average molecular weight is 234 g/mol. The van der Waals surface area contributed by atoms with Crippen LogP contribution in [0.1, 0.15) is 61.0 Å². The summed E-state index contributed by atoms with van der Waals surface area (Å²) in [5.74, 6) is 0.175. The minimum Gasteiger partial charge on any atom is -0.507 e. The van der Waals surface area contributed by atoms with E-state index in [2.05, 4.69) is 13.8 Å². The number of aryl methyl sites for hydroxylation is 2. The highest BCUT2D eigenvalue weighted by molar-refractivity contribution is 5.80. The smallest absolute Gasteiger partial charge is 0.153 e. The zero-order valence-electron chi connectivity index (χ0n) is 10.8. The molecule has 1 aromatic carbocycles. The van der Waals surface area contributed by atoms with Crippen LogP contribution in [0.3, 0.4) is 0 Å². The van der Waals surface area contributed by atoms with Crippen LogP contribution in [0.4, 0.5) is 0 Å². The maximum absolute atomic E-state index is 10.9. The summed E-state index contributed by atoms with van der Waals surface area (Å²) in [7, 11) is 0. The van der Waals surface area contributed by atoms with Gasteiger partial charge in [0, 0.05) is 0 Å². The van der Waals surface area contributed by atoms with Crippen molar-refractivity contribution in [1.82, 2.24) is 0 Å². The van der Waals surface area contributed by atoms with Gasteiger partial charge in [-0.25, -0.2) is 0 Å². The van der Waals surface area contributed by atoms with Gasteiger partial charge in [-0.2, -0.15) is 0 Å². The third-order valence-corrected chi connectivity index (χ3v) is 3.02. The number of rotatable bonds is 7. The lowest BCUT2D eigenvalue weighted by atomic mass is 9.98. The van der Waals surface area contributed by atoms with E-state index in [0.29, 0.717) is 5.56 Å². The predicted octanol–water partition coefficient (Wildman–Crippen LogP) is 3.89. The molecule has 0 aromatic heterocycles. The molecular weight excluding hydrogens is 212 g/mol. The van der Waals surface area contributed by atoms with Gasteiger partial charge in [0.1, 0.15) is 5.75 Å². The Labute approximate surface area is 104 Å². The van der Waals surface area contributed by atoms with Gasteiger partial charge in [0.2, 0.25) is 0 Å². The first kappa shape index (κ1) is 13.8. The van der Waals surface area contributed by atoms with E-state index in [0.717, 1.165) is 55.9 Å². The number of aldehydes is 1. The zero-order valence-corrected chi connectivity index (χ0v) is 10.8. The number of hydrogen-bond acceptors (Lipinski definition) is 2. The molecule has 17 heavy (non-hydrogen) atoms. The standard InChI is InChI=1S/C15H22O2/c1-3-5-7-12-9-13(8-6-4-2)15(17)14(10-12)11-16/h9-11,17H,3-8H2,1-2H3. The van der Waals surface area contributed by atoms with E-state index in [1.54, 1.807) is 0 Å². The number of carbonyl (C=O) groups excluding carboxylic acids is 1. The van der Waals surface area contributed by atoms with Crippen LogP contribution in [0, 0.1) is 0 Å². The summed E-state index contributed by atoms with van der Waals surface area (Å²) in [4.78, 5) is 10.9. The molecular formula is C15H22O2. The molecule has 0 saturated carbocycles. The maximum atomic E-state index is 10.9. The van der Waals surface area contributed by atoms with Crippen molar-refractivity contribution in [1.29, 1.82) is 0 Å². The minimum atomic E-state index is 0.175. The second kappa shape index (κ2) is 7.10. The first-order chi connectivity index (χ1) is 8.22. The summed E-state index contributed by atoms with van der Waals surface area (Å²) in [5.41, 5.74) is 2.52. The van der Waals surface area contributed by atoms with E-state index in [1.165, 1.54) is 0 Å². The molecule has 1 rings (SSSR count). The molecule has 0 heterocycles. The lowest BCUT2D eigenvalue weighted by molar-refractivity contribution is 0.112. The second-order valence-electron chi connectivity index (χ2n) is 4.52. The predicted molar refractivity (Wildman–Crippen MR) is 70.7 cm³/mol. The van der Waals surface area contributed by atoms with Crippen LogP contribution in [0.2, 0.25) is 0 Å². The summed E-state index contributed by atoms with van der Waals surface area (Å²) in [6.45, 7) is 4.28. The number of benzene rings is 1. The monoisotopic (exact) mass is 234 g/mol. The van der Waals surface area contributed by atoms with Crippen molar-refractivity contribution in [3.8, 4) is 5.75 Å². The van der Waals surface area contributed by atoms with Gasteiger partial charge in [-0.3, -0.25) is 4.79 Å². The lowest BCUT2D eigenvalue weighted by Crippen LogP contribution is -1.95. The van der Waals surface area contributed by atoms with Crippen LogP contribution >= 0.6 is 0 Å². The van der Waals surface area contributed by atoms with Crippen molar-refractivity contribution < 1.29 is 9.90 Å². The Morgan fingerprint density at radius 3 is 2.35 bits per heavy atom. The Balaban J connectivity index is 2.96. The molecule has 0 atom stereocenters. The molecule has 0 aliphatic carbocycles. The van der Waals surface area contributed by atoms with Crippen molar-refractivity contribution >= 4 is 6.29 Å². The third kappa shape index (κ3) is 3.88. The van der Waals surface area contributed by atoms with Crippen LogP contribution in [0.25, 0.3) is 0 Å². The molecule has 0 fully saturated rings. The van der Waals surface area contributed by atoms with Gasteiger partial charge in [-0.1, -0.05) is 32.8 Å². The summed E-state index contributed by atoms with van der Waals surface area (Å²) in [5, 5.41) is 9.93. The maximum Gasteiger partial charge on any atom is 0.153 e. The van der Waals surface area contributed by atoms with Gasteiger partial charge < -0.3 is 5.11 Å². The summed E-state index contributed by atoms with van der Waals surface area (Å²) < 4.78 is 0. The van der Waals surface area contributed by atoms with Gasteiger partial charge in [-0.05, 0) is 42.9 Å². The minimum absolute atomic E-state index is 0.175. The SMILES string of the molecule is CCCCc1cc(C=O)c(O)c(CCCC)c1. The first-order valence-electron chi connectivity index (χ1n) is 6.52. The molecule has 0 aliphatic rings. The van der Waals surface area contributed by atoms with E-state index in [-0.39, 0.29) is 5.75 Å². The summed E-state index contributed by atoms with van der Waals surface area (Å²) in [6, 6.07) is 3.86. The molecule has 0 bridgehead atoms. The molecule has 0 amide bonds. The van der Waals surface area contributed by atoms with Crippen molar-refractivity contribution in [3.63, 3.8) is 0 Å². The van der Waals surface area contributed by atoms with Crippen LogP contribution in [-0.2, 0) is 12.8 Å². The first-order valence-corrected chi connectivity index (χ1v) is 6.52. The highest BCUT2D eigenvalue weighted by atomic mass is 16.3. The molecule has 0 radical (unpaired) electrons. The van der Waals surface area contributed by atoms with Crippen LogP contribution in [0.5, 0.6) is 5.75 Å². The lowest BCUT2D eigenvalue weighted by Gasteiger charge is -2.09. The number of aromatic hydroxyl groups is 1. The van der Waals surface area contributed by atoms with Gasteiger partial charge >= 0.3 is 0 Å². The van der Waals surface area contributed by atoms with E-state index in [4.69, 9.17) is 0 Å². The van der Waals surface area contributed by atoms with Crippen molar-refractivity contribution in [2.75, 3.05) is 0 Å².